The first-order valence-corrected chi connectivity index (χ1v) is 6.26. The van der Waals surface area contributed by atoms with Gasteiger partial charge >= 0.3 is 6.18 Å². The molecule has 108 valence electrons. The van der Waals surface area contributed by atoms with Crippen molar-refractivity contribution in [1.82, 2.24) is 0 Å². The molecule has 2 aromatic rings. The van der Waals surface area contributed by atoms with Gasteiger partial charge in [-0.1, -0.05) is 23.7 Å². The Morgan fingerprint density at radius 3 is 2.52 bits per heavy atom. The number of nitrogens with zero attached hydrogens (tertiary/aromatic N) is 1. The van der Waals surface area contributed by atoms with E-state index in [0.717, 1.165) is 12.1 Å². The summed E-state index contributed by atoms with van der Waals surface area (Å²) < 4.78 is 43.1. The summed E-state index contributed by atoms with van der Waals surface area (Å²) in [4.78, 5) is 0. The second-order valence-corrected chi connectivity index (χ2v) is 4.65. The highest BCUT2D eigenvalue weighted by atomic mass is 35.5. The predicted octanol–water partition coefficient (Wildman–Crippen LogP) is 4.81. The van der Waals surface area contributed by atoms with E-state index in [1.54, 1.807) is 0 Å². The van der Waals surface area contributed by atoms with Crippen molar-refractivity contribution in [3.05, 3.63) is 64.2 Å². The van der Waals surface area contributed by atoms with Crippen molar-refractivity contribution in [3.63, 3.8) is 0 Å². The summed E-state index contributed by atoms with van der Waals surface area (Å²) in [6, 6.07) is 11.3. The van der Waals surface area contributed by atoms with Gasteiger partial charge in [0.2, 0.25) is 0 Å². The van der Waals surface area contributed by atoms with E-state index in [9.17, 15) is 13.2 Å². The zero-order valence-electron chi connectivity index (χ0n) is 10.6. The molecule has 0 aliphatic heterocycles. The van der Waals surface area contributed by atoms with E-state index in [2.05, 4.69) is 0 Å². The highest BCUT2D eigenvalue weighted by Gasteiger charge is 2.30. The van der Waals surface area contributed by atoms with E-state index in [-0.39, 0.29) is 11.6 Å². The summed E-state index contributed by atoms with van der Waals surface area (Å²) in [5.41, 5.74) is 0.0335. The molecule has 0 amide bonds. The van der Waals surface area contributed by atoms with Gasteiger partial charge in [0.05, 0.1) is 22.2 Å². The summed E-state index contributed by atoms with van der Waals surface area (Å²) in [5.74, 6) is 0.313. The SMILES string of the molecule is N#Cc1ccc(OCc2cccc(C(F)(F)F)c2)c(Cl)c1. The molecule has 0 aromatic heterocycles. The molecule has 0 radical (unpaired) electrons. The van der Waals surface area contributed by atoms with Crippen molar-refractivity contribution < 1.29 is 17.9 Å². The number of hydrogen-bond acceptors (Lipinski definition) is 2. The minimum absolute atomic E-state index is 0.0461. The number of benzene rings is 2. The molecule has 0 bridgehead atoms. The Bertz CT molecular complexity index is 692. The van der Waals surface area contributed by atoms with Crippen molar-refractivity contribution in [3.8, 4) is 11.8 Å². The maximum atomic E-state index is 12.6. The molecular formula is C15H9ClF3NO. The van der Waals surface area contributed by atoms with Gasteiger partial charge < -0.3 is 4.74 Å². The van der Waals surface area contributed by atoms with Crippen LogP contribution in [-0.4, -0.2) is 0 Å². The Morgan fingerprint density at radius 1 is 1.14 bits per heavy atom. The summed E-state index contributed by atoms with van der Waals surface area (Å²) in [7, 11) is 0. The fraction of sp³-hybridized carbons (Fsp3) is 0.133. The molecule has 0 aliphatic carbocycles. The first-order valence-electron chi connectivity index (χ1n) is 5.89. The van der Waals surface area contributed by atoms with E-state index in [1.165, 1.54) is 30.3 Å². The molecule has 2 rings (SSSR count). The second-order valence-electron chi connectivity index (χ2n) is 4.24. The van der Waals surface area contributed by atoms with Crippen molar-refractivity contribution >= 4 is 11.6 Å². The fourth-order valence-corrected chi connectivity index (χ4v) is 1.92. The van der Waals surface area contributed by atoms with Gasteiger partial charge in [0.25, 0.3) is 0 Å². The molecule has 21 heavy (non-hydrogen) atoms. The van der Waals surface area contributed by atoms with Crippen LogP contribution in [-0.2, 0) is 12.8 Å². The Kier molecular flexibility index (Phi) is 4.39. The molecule has 0 heterocycles. The molecule has 0 aliphatic rings. The van der Waals surface area contributed by atoms with Gasteiger partial charge in [0.1, 0.15) is 12.4 Å². The predicted molar refractivity (Wildman–Crippen MR) is 71.9 cm³/mol. The van der Waals surface area contributed by atoms with E-state index >= 15 is 0 Å². The Morgan fingerprint density at radius 2 is 1.90 bits per heavy atom. The average molecular weight is 312 g/mol. The standard InChI is InChI=1S/C15H9ClF3NO/c16-13-7-10(8-20)4-5-14(13)21-9-11-2-1-3-12(6-11)15(17,18)19/h1-7H,9H2. The average Bonchev–Trinajstić information content (AvgIpc) is 2.45. The number of nitriles is 1. The lowest BCUT2D eigenvalue weighted by Crippen LogP contribution is -2.06. The number of hydrogen-bond donors (Lipinski definition) is 0. The summed E-state index contributed by atoms with van der Waals surface area (Å²) in [6.45, 7) is -0.0461. The van der Waals surface area contributed by atoms with E-state index in [4.69, 9.17) is 21.6 Å². The molecular weight excluding hydrogens is 303 g/mol. The number of ether oxygens (including phenoxy) is 1. The van der Waals surface area contributed by atoms with Gasteiger partial charge in [-0.25, -0.2) is 0 Å². The zero-order valence-corrected chi connectivity index (χ0v) is 11.4. The van der Waals surface area contributed by atoms with E-state index in [0.29, 0.717) is 16.9 Å². The quantitative estimate of drug-likeness (QED) is 0.815. The minimum Gasteiger partial charge on any atom is -0.487 e. The number of alkyl halides is 3. The van der Waals surface area contributed by atoms with Crippen LogP contribution in [0.5, 0.6) is 5.75 Å². The first kappa shape index (κ1) is 15.2. The third-order valence-corrected chi connectivity index (χ3v) is 3.00. The van der Waals surface area contributed by atoms with Crippen molar-refractivity contribution in [2.45, 2.75) is 12.8 Å². The molecule has 6 heteroatoms. The summed E-state index contributed by atoms with van der Waals surface area (Å²) in [6.07, 6.45) is -4.39. The lowest BCUT2D eigenvalue weighted by molar-refractivity contribution is -0.137. The molecule has 0 fully saturated rings. The van der Waals surface area contributed by atoms with Gasteiger partial charge in [-0.05, 0) is 35.9 Å². The van der Waals surface area contributed by atoms with E-state index < -0.39 is 11.7 Å². The molecule has 0 saturated heterocycles. The van der Waals surface area contributed by atoms with Crippen molar-refractivity contribution in [1.29, 1.82) is 5.26 Å². The molecule has 0 N–H and O–H groups in total. The molecule has 0 unspecified atom stereocenters. The third kappa shape index (κ3) is 3.89. The largest absolute Gasteiger partial charge is 0.487 e. The van der Waals surface area contributed by atoms with Crippen molar-refractivity contribution in [2.24, 2.45) is 0 Å². The van der Waals surface area contributed by atoms with Crippen LogP contribution >= 0.6 is 11.6 Å². The second kappa shape index (κ2) is 6.06. The van der Waals surface area contributed by atoms with Gasteiger partial charge in [-0.2, -0.15) is 18.4 Å². The van der Waals surface area contributed by atoms with Crippen LogP contribution in [0.15, 0.2) is 42.5 Å². The normalized spacial score (nSPS) is 11.0. The summed E-state index contributed by atoms with van der Waals surface area (Å²) in [5, 5.41) is 8.95. The van der Waals surface area contributed by atoms with Gasteiger partial charge in [-0.3, -0.25) is 0 Å². The topological polar surface area (TPSA) is 33.0 Å². The van der Waals surface area contributed by atoms with E-state index in [1.807, 2.05) is 6.07 Å². The smallest absolute Gasteiger partial charge is 0.416 e. The van der Waals surface area contributed by atoms with Crippen LogP contribution < -0.4 is 4.74 Å². The molecule has 2 aromatic carbocycles. The van der Waals surface area contributed by atoms with Crippen LogP contribution in [0.2, 0.25) is 5.02 Å². The molecule has 2 nitrogen and oxygen atoms in total. The highest BCUT2D eigenvalue weighted by molar-refractivity contribution is 6.32. The van der Waals surface area contributed by atoms with Crippen LogP contribution in [0.25, 0.3) is 0 Å². The highest BCUT2D eigenvalue weighted by Crippen LogP contribution is 2.30. The maximum absolute atomic E-state index is 12.6. The van der Waals surface area contributed by atoms with Gasteiger partial charge in [-0.15, -0.1) is 0 Å². The maximum Gasteiger partial charge on any atom is 0.416 e. The molecule has 0 saturated carbocycles. The third-order valence-electron chi connectivity index (χ3n) is 2.71. The van der Waals surface area contributed by atoms with Crippen LogP contribution in [0, 0.1) is 11.3 Å². The van der Waals surface area contributed by atoms with Crippen molar-refractivity contribution in [2.75, 3.05) is 0 Å². The van der Waals surface area contributed by atoms with Crippen LogP contribution in [0.1, 0.15) is 16.7 Å². The Hall–Kier alpha value is -2.19. The summed E-state index contributed by atoms with van der Waals surface area (Å²) >= 11 is 5.92. The Balaban J connectivity index is 2.12. The van der Waals surface area contributed by atoms with Gasteiger partial charge in [0, 0.05) is 0 Å². The number of rotatable bonds is 3. The lowest BCUT2D eigenvalue weighted by Gasteiger charge is -2.11. The zero-order chi connectivity index (χ0) is 15.5. The molecule has 0 spiro atoms. The minimum atomic E-state index is -4.39. The Labute approximate surface area is 124 Å². The monoisotopic (exact) mass is 311 g/mol. The number of halogens is 4. The lowest BCUT2D eigenvalue weighted by atomic mass is 10.1. The first-order chi connectivity index (χ1) is 9.90. The fourth-order valence-electron chi connectivity index (χ4n) is 1.69. The molecule has 0 atom stereocenters. The van der Waals surface area contributed by atoms with Gasteiger partial charge in [0.15, 0.2) is 0 Å². The van der Waals surface area contributed by atoms with Crippen LogP contribution in [0.4, 0.5) is 13.2 Å². The van der Waals surface area contributed by atoms with Crippen LogP contribution in [0.3, 0.4) is 0 Å².